The highest BCUT2D eigenvalue weighted by Crippen LogP contribution is 2.23. The molecule has 0 saturated heterocycles. The summed E-state index contributed by atoms with van der Waals surface area (Å²) in [4.78, 5) is 24.0. The summed E-state index contributed by atoms with van der Waals surface area (Å²) in [5.41, 5.74) is 0.282. The number of hydrogen-bond acceptors (Lipinski definition) is 2. The number of benzene rings is 3. The molecule has 3 aromatic rings. The SMILES string of the molecule is O=C(O)c1cc2ccccc2cc1C(=O)c1ccc(F)cc1. The highest BCUT2D eigenvalue weighted by Gasteiger charge is 2.19. The van der Waals surface area contributed by atoms with E-state index < -0.39 is 17.6 Å². The molecule has 0 aliphatic heterocycles. The van der Waals surface area contributed by atoms with Crippen LogP contribution in [0.1, 0.15) is 26.3 Å². The van der Waals surface area contributed by atoms with Crippen molar-refractivity contribution in [3.8, 4) is 0 Å². The maximum absolute atomic E-state index is 13.0. The number of halogens is 1. The molecule has 0 aliphatic rings. The second kappa shape index (κ2) is 5.41. The second-order valence-electron chi connectivity index (χ2n) is 4.89. The van der Waals surface area contributed by atoms with Crippen molar-refractivity contribution in [2.45, 2.75) is 0 Å². The molecular weight excluding hydrogens is 283 g/mol. The first-order valence-electron chi connectivity index (χ1n) is 6.62. The van der Waals surface area contributed by atoms with E-state index in [1.54, 1.807) is 18.2 Å². The van der Waals surface area contributed by atoms with Gasteiger partial charge in [-0.2, -0.15) is 0 Å². The first kappa shape index (κ1) is 13.9. The number of aromatic carboxylic acids is 1. The number of carboxylic acid groups (broad SMARTS) is 1. The first-order valence-corrected chi connectivity index (χ1v) is 6.62. The van der Waals surface area contributed by atoms with Crippen LogP contribution in [-0.2, 0) is 0 Å². The Bertz CT molecular complexity index is 882. The van der Waals surface area contributed by atoms with Crippen molar-refractivity contribution in [2.75, 3.05) is 0 Å². The van der Waals surface area contributed by atoms with Gasteiger partial charge in [-0.15, -0.1) is 0 Å². The minimum absolute atomic E-state index is 0.0620. The van der Waals surface area contributed by atoms with Gasteiger partial charge in [-0.3, -0.25) is 4.79 Å². The number of hydrogen-bond donors (Lipinski definition) is 1. The molecule has 0 saturated carbocycles. The molecule has 0 fully saturated rings. The molecule has 3 rings (SSSR count). The summed E-state index contributed by atoms with van der Waals surface area (Å²) in [6.07, 6.45) is 0. The van der Waals surface area contributed by atoms with Crippen LogP contribution in [0.25, 0.3) is 10.8 Å². The molecule has 0 heterocycles. The summed E-state index contributed by atoms with van der Waals surface area (Å²) >= 11 is 0. The maximum atomic E-state index is 13.0. The van der Waals surface area contributed by atoms with Crippen LogP contribution in [0.4, 0.5) is 4.39 Å². The molecule has 0 aromatic heterocycles. The predicted molar refractivity (Wildman–Crippen MR) is 80.7 cm³/mol. The van der Waals surface area contributed by atoms with Gasteiger partial charge in [-0.25, -0.2) is 9.18 Å². The summed E-state index contributed by atoms with van der Waals surface area (Å²) in [6.45, 7) is 0. The zero-order chi connectivity index (χ0) is 15.7. The summed E-state index contributed by atoms with van der Waals surface area (Å²) in [5, 5.41) is 10.9. The smallest absolute Gasteiger partial charge is 0.336 e. The van der Waals surface area contributed by atoms with Crippen molar-refractivity contribution in [1.82, 2.24) is 0 Å². The van der Waals surface area contributed by atoms with E-state index in [0.717, 1.165) is 10.8 Å². The standard InChI is InChI=1S/C18H11FO3/c19-14-7-5-11(6-8-14)17(20)15-9-12-3-1-2-4-13(12)10-16(15)18(21)22/h1-10H,(H,21,22). The molecule has 3 nitrogen and oxygen atoms in total. The molecule has 0 unspecified atom stereocenters. The molecule has 0 bridgehead atoms. The molecule has 0 amide bonds. The van der Waals surface area contributed by atoms with Crippen molar-refractivity contribution >= 4 is 22.5 Å². The molecule has 4 heteroatoms. The van der Waals surface area contributed by atoms with E-state index in [1.807, 2.05) is 12.1 Å². The third-order valence-electron chi connectivity index (χ3n) is 3.47. The lowest BCUT2D eigenvalue weighted by Crippen LogP contribution is -2.10. The van der Waals surface area contributed by atoms with Gasteiger partial charge in [0.05, 0.1) is 5.56 Å². The topological polar surface area (TPSA) is 54.4 Å². The van der Waals surface area contributed by atoms with Gasteiger partial charge >= 0.3 is 5.97 Å². The lowest BCUT2D eigenvalue weighted by atomic mass is 9.95. The van der Waals surface area contributed by atoms with Crippen molar-refractivity contribution in [2.24, 2.45) is 0 Å². The Labute approximate surface area is 125 Å². The van der Waals surface area contributed by atoms with Crippen LogP contribution in [0, 0.1) is 5.82 Å². The molecule has 0 spiro atoms. The average Bonchev–Trinajstić information content (AvgIpc) is 2.53. The van der Waals surface area contributed by atoms with E-state index in [9.17, 15) is 19.1 Å². The van der Waals surface area contributed by atoms with E-state index in [0.29, 0.717) is 0 Å². The van der Waals surface area contributed by atoms with E-state index in [2.05, 4.69) is 0 Å². The Hall–Kier alpha value is -3.01. The zero-order valence-corrected chi connectivity index (χ0v) is 11.4. The Morgan fingerprint density at radius 3 is 1.91 bits per heavy atom. The minimum Gasteiger partial charge on any atom is -0.478 e. The molecule has 1 N–H and O–H groups in total. The molecule has 108 valence electrons. The summed E-state index contributed by atoms with van der Waals surface area (Å²) in [7, 11) is 0. The summed E-state index contributed by atoms with van der Waals surface area (Å²) in [6, 6.07) is 15.3. The van der Waals surface area contributed by atoms with Gasteiger partial charge in [-0.1, -0.05) is 24.3 Å². The largest absolute Gasteiger partial charge is 0.478 e. The lowest BCUT2D eigenvalue weighted by molar-refractivity contribution is 0.0693. The fourth-order valence-electron chi connectivity index (χ4n) is 2.36. The van der Waals surface area contributed by atoms with E-state index in [-0.39, 0.29) is 16.7 Å². The molecular formula is C18H11FO3. The quantitative estimate of drug-likeness (QED) is 0.745. The molecule has 3 aromatic carbocycles. The van der Waals surface area contributed by atoms with E-state index >= 15 is 0 Å². The highest BCUT2D eigenvalue weighted by atomic mass is 19.1. The third kappa shape index (κ3) is 2.46. The van der Waals surface area contributed by atoms with Gasteiger partial charge in [0.25, 0.3) is 0 Å². The average molecular weight is 294 g/mol. The molecule has 0 radical (unpaired) electrons. The number of fused-ring (bicyclic) bond motifs is 1. The van der Waals surface area contributed by atoms with Crippen LogP contribution in [0.3, 0.4) is 0 Å². The number of rotatable bonds is 3. The van der Waals surface area contributed by atoms with Crippen molar-refractivity contribution in [1.29, 1.82) is 0 Å². The first-order chi connectivity index (χ1) is 10.6. The lowest BCUT2D eigenvalue weighted by Gasteiger charge is -2.08. The number of carbonyl (C=O) groups excluding carboxylic acids is 1. The van der Waals surface area contributed by atoms with Gasteiger partial charge in [0.15, 0.2) is 5.78 Å². The number of carbonyl (C=O) groups is 2. The fraction of sp³-hybridized carbons (Fsp3) is 0. The molecule has 22 heavy (non-hydrogen) atoms. The predicted octanol–water partition coefficient (Wildman–Crippen LogP) is 3.91. The van der Waals surface area contributed by atoms with Crippen LogP contribution in [0.5, 0.6) is 0 Å². The monoisotopic (exact) mass is 294 g/mol. The van der Waals surface area contributed by atoms with E-state index in [4.69, 9.17) is 0 Å². The normalized spacial score (nSPS) is 10.6. The van der Waals surface area contributed by atoms with Gasteiger partial charge < -0.3 is 5.11 Å². The van der Waals surface area contributed by atoms with Crippen molar-refractivity contribution in [3.05, 3.63) is 83.2 Å². The number of carboxylic acids is 1. The van der Waals surface area contributed by atoms with Crippen LogP contribution in [0.15, 0.2) is 60.7 Å². The third-order valence-corrected chi connectivity index (χ3v) is 3.47. The Morgan fingerprint density at radius 1 is 0.818 bits per heavy atom. The highest BCUT2D eigenvalue weighted by molar-refractivity contribution is 6.16. The zero-order valence-electron chi connectivity index (χ0n) is 11.4. The van der Waals surface area contributed by atoms with Crippen LogP contribution < -0.4 is 0 Å². The Morgan fingerprint density at radius 2 is 1.36 bits per heavy atom. The molecule has 0 aliphatic carbocycles. The van der Waals surface area contributed by atoms with Gasteiger partial charge in [-0.05, 0) is 47.2 Å². The van der Waals surface area contributed by atoms with Gasteiger partial charge in [0.2, 0.25) is 0 Å². The number of ketones is 1. The maximum Gasteiger partial charge on any atom is 0.336 e. The second-order valence-corrected chi connectivity index (χ2v) is 4.89. The van der Waals surface area contributed by atoms with Gasteiger partial charge in [0.1, 0.15) is 5.82 Å². The fourth-order valence-corrected chi connectivity index (χ4v) is 2.36. The molecule has 0 atom stereocenters. The van der Waals surface area contributed by atoms with Crippen LogP contribution in [-0.4, -0.2) is 16.9 Å². The van der Waals surface area contributed by atoms with Crippen LogP contribution >= 0.6 is 0 Å². The van der Waals surface area contributed by atoms with Gasteiger partial charge in [0, 0.05) is 11.1 Å². The Balaban J connectivity index is 2.19. The van der Waals surface area contributed by atoms with Crippen molar-refractivity contribution in [3.63, 3.8) is 0 Å². The van der Waals surface area contributed by atoms with Crippen molar-refractivity contribution < 1.29 is 19.1 Å². The Kier molecular flexibility index (Phi) is 3.43. The minimum atomic E-state index is -1.17. The van der Waals surface area contributed by atoms with E-state index in [1.165, 1.54) is 30.3 Å². The van der Waals surface area contributed by atoms with Crippen LogP contribution in [0.2, 0.25) is 0 Å². The summed E-state index contributed by atoms with van der Waals surface area (Å²) in [5.74, 6) is -2.06. The summed E-state index contributed by atoms with van der Waals surface area (Å²) < 4.78 is 13.0.